The highest BCUT2D eigenvalue weighted by Gasteiger charge is 2.34. The predicted molar refractivity (Wildman–Crippen MR) is 113 cm³/mol. The first-order valence-electron chi connectivity index (χ1n) is 9.50. The number of hydrogen-bond donors (Lipinski definition) is 1. The summed E-state index contributed by atoms with van der Waals surface area (Å²) in [6, 6.07) is 23.2. The Kier molecular flexibility index (Phi) is 5.40. The van der Waals surface area contributed by atoms with Crippen LogP contribution in [0.5, 0.6) is 0 Å². The number of carbonyl (C=O) groups excluding carboxylic acids is 3. The lowest BCUT2D eigenvalue weighted by atomic mass is 10.1. The minimum Gasteiger partial charge on any atom is -0.341 e. The summed E-state index contributed by atoms with van der Waals surface area (Å²) in [5.74, 6) is 5.07. The first-order chi connectivity index (χ1) is 14.6. The molecule has 1 aliphatic heterocycles. The van der Waals surface area contributed by atoms with Gasteiger partial charge in [0.15, 0.2) is 0 Å². The third-order valence-corrected chi connectivity index (χ3v) is 4.78. The van der Waals surface area contributed by atoms with Gasteiger partial charge in [-0.05, 0) is 42.0 Å². The highest BCUT2D eigenvalue weighted by molar-refractivity contribution is 6.21. The number of benzene rings is 3. The van der Waals surface area contributed by atoms with Crippen molar-refractivity contribution in [2.45, 2.75) is 6.54 Å². The third-order valence-electron chi connectivity index (χ3n) is 4.78. The van der Waals surface area contributed by atoms with Gasteiger partial charge in [-0.1, -0.05) is 54.3 Å². The number of imide groups is 1. The number of rotatable bonds is 4. The summed E-state index contributed by atoms with van der Waals surface area (Å²) in [7, 11) is 0. The number of fused-ring (bicyclic) bond motifs is 1. The first-order valence-corrected chi connectivity index (χ1v) is 9.50. The van der Waals surface area contributed by atoms with E-state index >= 15 is 0 Å². The van der Waals surface area contributed by atoms with Gasteiger partial charge in [0.1, 0.15) is 0 Å². The summed E-state index contributed by atoms with van der Waals surface area (Å²) in [5.41, 5.74) is 3.00. The Balaban J connectivity index is 1.35. The summed E-state index contributed by atoms with van der Waals surface area (Å²) in [6.45, 7) is 0.404. The zero-order valence-corrected chi connectivity index (χ0v) is 16.1. The lowest BCUT2D eigenvalue weighted by molar-refractivity contribution is 0.0642. The van der Waals surface area contributed by atoms with Crippen molar-refractivity contribution in [1.29, 1.82) is 0 Å². The molecule has 1 aliphatic rings. The van der Waals surface area contributed by atoms with E-state index in [4.69, 9.17) is 0 Å². The van der Waals surface area contributed by atoms with Crippen LogP contribution in [0.15, 0.2) is 78.9 Å². The van der Waals surface area contributed by atoms with Gasteiger partial charge in [0.25, 0.3) is 17.7 Å². The van der Waals surface area contributed by atoms with Crippen molar-refractivity contribution >= 4 is 17.7 Å². The van der Waals surface area contributed by atoms with E-state index in [9.17, 15) is 14.4 Å². The minimum absolute atomic E-state index is 0.163. The summed E-state index contributed by atoms with van der Waals surface area (Å²) in [4.78, 5) is 38.4. The van der Waals surface area contributed by atoms with Crippen molar-refractivity contribution in [3.63, 3.8) is 0 Å². The molecule has 1 N–H and O–H groups in total. The molecule has 0 fully saturated rings. The van der Waals surface area contributed by atoms with E-state index in [1.54, 1.807) is 48.5 Å². The predicted octanol–water partition coefficient (Wildman–Crippen LogP) is 3.26. The second kappa shape index (κ2) is 8.46. The molecular weight excluding hydrogens is 376 g/mol. The fourth-order valence-electron chi connectivity index (χ4n) is 3.22. The van der Waals surface area contributed by atoms with Crippen LogP contribution in [-0.2, 0) is 6.54 Å². The number of nitrogens with zero attached hydrogens (tertiary/aromatic N) is 1. The lowest BCUT2D eigenvalue weighted by Gasteiger charge is -2.14. The van der Waals surface area contributed by atoms with Crippen molar-refractivity contribution in [3.05, 3.63) is 107 Å². The molecule has 0 aromatic heterocycles. The molecule has 0 spiro atoms. The Bertz CT molecular complexity index is 1140. The van der Waals surface area contributed by atoms with Crippen LogP contribution in [0.1, 0.15) is 42.2 Å². The van der Waals surface area contributed by atoms with E-state index in [0.717, 1.165) is 11.1 Å². The largest absolute Gasteiger partial charge is 0.341 e. The molecule has 0 saturated heterocycles. The molecule has 5 nitrogen and oxygen atoms in total. The van der Waals surface area contributed by atoms with Crippen LogP contribution in [0.25, 0.3) is 0 Å². The molecule has 3 aromatic carbocycles. The molecule has 0 saturated carbocycles. The van der Waals surface area contributed by atoms with E-state index < -0.39 is 0 Å². The Morgan fingerprint density at radius 3 is 2.03 bits per heavy atom. The van der Waals surface area contributed by atoms with E-state index in [2.05, 4.69) is 17.2 Å². The number of carbonyl (C=O) groups is 3. The van der Waals surface area contributed by atoms with Gasteiger partial charge in [0.2, 0.25) is 0 Å². The van der Waals surface area contributed by atoms with Gasteiger partial charge in [-0.3, -0.25) is 19.3 Å². The number of amides is 3. The molecule has 0 radical (unpaired) electrons. The smallest absolute Gasteiger partial charge is 0.261 e. The second-order valence-electron chi connectivity index (χ2n) is 6.79. The average molecular weight is 394 g/mol. The molecule has 5 heteroatoms. The summed E-state index contributed by atoms with van der Waals surface area (Å²) >= 11 is 0. The van der Waals surface area contributed by atoms with Gasteiger partial charge in [-0.2, -0.15) is 0 Å². The summed E-state index contributed by atoms with van der Waals surface area (Å²) in [5, 5.41) is 2.76. The van der Waals surface area contributed by atoms with Crippen LogP contribution < -0.4 is 5.32 Å². The topological polar surface area (TPSA) is 66.5 Å². The molecule has 30 heavy (non-hydrogen) atoms. The van der Waals surface area contributed by atoms with Crippen LogP contribution in [0.2, 0.25) is 0 Å². The Labute approximate surface area is 174 Å². The van der Waals surface area contributed by atoms with Crippen molar-refractivity contribution in [2.24, 2.45) is 0 Å². The van der Waals surface area contributed by atoms with Gasteiger partial charge >= 0.3 is 0 Å². The van der Waals surface area contributed by atoms with Crippen molar-refractivity contribution in [1.82, 2.24) is 10.2 Å². The first kappa shape index (κ1) is 19.2. The normalized spacial score (nSPS) is 12.2. The second-order valence-corrected chi connectivity index (χ2v) is 6.79. The van der Waals surface area contributed by atoms with Crippen LogP contribution in [0.3, 0.4) is 0 Å². The molecule has 0 unspecified atom stereocenters. The van der Waals surface area contributed by atoms with Crippen molar-refractivity contribution in [2.75, 3.05) is 6.54 Å². The monoisotopic (exact) mass is 394 g/mol. The molecule has 4 rings (SSSR count). The van der Waals surface area contributed by atoms with Crippen LogP contribution in [0, 0.1) is 11.8 Å². The number of nitrogens with one attached hydrogen (secondary N) is 1. The Hall–Kier alpha value is -4.17. The van der Waals surface area contributed by atoms with Gasteiger partial charge < -0.3 is 5.32 Å². The minimum atomic E-state index is -0.297. The highest BCUT2D eigenvalue weighted by atomic mass is 16.2. The van der Waals surface area contributed by atoms with E-state index in [-0.39, 0.29) is 30.8 Å². The van der Waals surface area contributed by atoms with Crippen LogP contribution in [-0.4, -0.2) is 29.2 Å². The molecule has 3 amide bonds. The molecule has 146 valence electrons. The summed E-state index contributed by atoms with van der Waals surface area (Å²) < 4.78 is 0. The Morgan fingerprint density at radius 2 is 1.40 bits per heavy atom. The lowest BCUT2D eigenvalue weighted by Crippen LogP contribution is -2.29. The highest BCUT2D eigenvalue weighted by Crippen LogP contribution is 2.24. The Morgan fingerprint density at radius 1 is 0.800 bits per heavy atom. The van der Waals surface area contributed by atoms with Gasteiger partial charge in [-0.25, -0.2) is 0 Å². The maximum absolute atomic E-state index is 12.5. The fourth-order valence-corrected chi connectivity index (χ4v) is 3.22. The maximum Gasteiger partial charge on any atom is 0.261 e. The van der Waals surface area contributed by atoms with Gasteiger partial charge in [0, 0.05) is 11.1 Å². The van der Waals surface area contributed by atoms with Crippen LogP contribution >= 0.6 is 0 Å². The number of hydrogen-bond acceptors (Lipinski definition) is 3. The van der Waals surface area contributed by atoms with Crippen LogP contribution in [0.4, 0.5) is 0 Å². The zero-order chi connectivity index (χ0) is 20.9. The molecule has 1 heterocycles. The molecule has 0 aliphatic carbocycles. The summed E-state index contributed by atoms with van der Waals surface area (Å²) in [6.07, 6.45) is 0. The SMILES string of the molecule is O=C(NCC#Cc1ccccc1)c1ccc(CN2C(=O)c3ccccc3C2=O)cc1. The van der Waals surface area contributed by atoms with E-state index in [1.807, 2.05) is 30.3 Å². The molecule has 3 aromatic rings. The van der Waals surface area contributed by atoms with Gasteiger partial charge in [-0.15, -0.1) is 0 Å². The molecule has 0 bridgehead atoms. The average Bonchev–Trinajstić information content (AvgIpc) is 3.03. The van der Waals surface area contributed by atoms with E-state index in [1.165, 1.54) is 4.90 Å². The van der Waals surface area contributed by atoms with Crippen molar-refractivity contribution in [3.8, 4) is 11.8 Å². The molecule has 0 atom stereocenters. The van der Waals surface area contributed by atoms with Crippen molar-refractivity contribution < 1.29 is 14.4 Å². The fraction of sp³-hybridized carbons (Fsp3) is 0.0800. The van der Waals surface area contributed by atoms with Gasteiger partial charge in [0.05, 0.1) is 24.2 Å². The quantitative estimate of drug-likeness (QED) is 0.546. The molecular formula is C25H18N2O3. The maximum atomic E-state index is 12.5. The van der Waals surface area contributed by atoms with E-state index in [0.29, 0.717) is 16.7 Å². The standard InChI is InChI=1S/C25H18N2O3/c28-23(26-16-6-9-18-7-2-1-3-8-18)20-14-12-19(13-15-20)17-27-24(29)21-10-4-5-11-22(21)25(27)30/h1-5,7-8,10-15H,16-17H2,(H,26,28). The zero-order valence-electron chi connectivity index (χ0n) is 16.1. The third kappa shape index (κ3) is 3.98.